The smallest absolute Gasteiger partial charge is 0.334 e. The Balaban J connectivity index is 2.00. The highest BCUT2D eigenvalue weighted by Crippen LogP contribution is 2.38. The Morgan fingerprint density at radius 3 is 1.28 bits per heavy atom. The van der Waals surface area contributed by atoms with E-state index in [0.29, 0.717) is 76.4 Å². The number of benzene rings is 2. The third-order valence-corrected chi connectivity index (χ3v) is 18.3. The first kappa shape index (κ1) is 60.6. The molecule has 2 aromatic carbocycles. The minimum atomic E-state index is -3.25. The van der Waals surface area contributed by atoms with Crippen LogP contribution in [0.2, 0.25) is 5.04 Å². The van der Waals surface area contributed by atoms with Crippen molar-refractivity contribution < 1.29 is 42.6 Å². The molecule has 0 saturated carbocycles. The first-order valence-electron chi connectivity index (χ1n) is 27.3. The number of hydrogen-bond acceptors (Lipinski definition) is 9. The lowest BCUT2D eigenvalue weighted by Crippen LogP contribution is -2.68. The Hall–Kier alpha value is -3.50. The van der Waals surface area contributed by atoms with Gasteiger partial charge < -0.3 is 23.4 Å². The van der Waals surface area contributed by atoms with Gasteiger partial charge in [-0.15, -0.1) is 0 Å². The molecule has 68 heavy (non-hydrogen) atoms. The van der Waals surface area contributed by atoms with Crippen molar-refractivity contribution in [2.75, 3.05) is 26.4 Å². The summed E-state index contributed by atoms with van der Waals surface area (Å²) in [5.74, 6) is -0.621. The molecule has 0 fully saturated rings. The Labute approximate surface area is 415 Å². The van der Waals surface area contributed by atoms with E-state index in [2.05, 4.69) is 48.5 Å². The summed E-state index contributed by atoms with van der Waals surface area (Å²) in [4.78, 5) is 53.0. The molecule has 10 heteroatoms. The van der Waals surface area contributed by atoms with Crippen LogP contribution in [0.4, 0.5) is 0 Å². The van der Waals surface area contributed by atoms with Crippen LogP contribution in [0.25, 0.3) is 0 Å². The molecule has 0 bridgehead atoms. The van der Waals surface area contributed by atoms with Crippen LogP contribution in [0.3, 0.4) is 0 Å². The summed E-state index contributed by atoms with van der Waals surface area (Å²) in [6.45, 7) is 16.5. The zero-order chi connectivity index (χ0) is 49.7. The monoisotopic (exact) mass is 965 g/mol. The van der Waals surface area contributed by atoms with Gasteiger partial charge in [-0.2, -0.15) is 0 Å². The summed E-state index contributed by atoms with van der Waals surface area (Å²) in [6.07, 6.45) is 24.5. The molecule has 0 spiro atoms. The molecule has 3 unspecified atom stereocenters. The number of unbranched alkanes of at least 4 members (excludes halogenated alkanes) is 14. The Morgan fingerprint density at radius 2 is 0.853 bits per heavy atom. The van der Waals surface area contributed by atoms with Crippen molar-refractivity contribution in [3.63, 3.8) is 0 Å². The van der Waals surface area contributed by atoms with E-state index >= 15 is 0 Å². The highest BCUT2D eigenvalue weighted by atomic mass is 28.4. The summed E-state index contributed by atoms with van der Waals surface area (Å²) in [5, 5.41) is 1.53. The molecule has 0 amide bonds. The number of hydrogen-bond donors (Lipinski definition) is 0. The van der Waals surface area contributed by atoms with E-state index in [-0.39, 0.29) is 31.6 Å². The maximum absolute atomic E-state index is 14.1. The molecule has 3 atom stereocenters. The van der Waals surface area contributed by atoms with Crippen LogP contribution in [0.1, 0.15) is 222 Å². The zero-order valence-electron chi connectivity index (χ0n) is 44.1. The molecule has 9 nitrogen and oxygen atoms in total. The van der Waals surface area contributed by atoms with Crippen LogP contribution < -0.4 is 10.4 Å². The molecule has 386 valence electrons. The predicted molar refractivity (Wildman–Crippen MR) is 281 cm³/mol. The number of ether oxygens (including phenoxy) is 4. The number of carbonyl (C=O) groups is 4. The van der Waals surface area contributed by atoms with E-state index in [0.717, 1.165) is 61.7 Å². The second-order valence-corrected chi connectivity index (χ2v) is 24.5. The van der Waals surface area contributed by atoms with E-state index < -0.39 is 31.4 Å². The Morgan fingerprint density at radius 1 is 0.456 bits per heavy atom. The molecule has 0 heterocycles. The Kier molecular flexibility index (Phi) is 33.3. The van der Waals surface area contributed by atoms with Crippen molar-refractivity contribution in [3.05, 3.63) is 60.7 Å². The number of esters is 4. The fourth-order valence-corrected chi connectivity index (χ4v) is 13.7. The van der Waals surface area contributed by atoms with Crippen LogP contribution in [0.15, 0.2) is 60.7 Å². The second kappa shape index (κ2) is 37.3. The molecular formula is C58H96O9Si. The summed E-state index contributed by atoms with van der Waals surface area (Å²) >= 11 is 0. The summed E-state index contributed by atoms with van der Waals surface area (Å²) in [7, 11) is -3.25. The normalized spacial score (nSPS) is 13.1. The maximum atomic E-state index is 14.1. The first-order valence-corrected chi connectivity index (χ1v) is 29.2. The van der Waals surface area contributed by atoms with Gasteiger partial charge in [-0.1, -0.05) is 199 Å². The molecule has 0 aromatic heterocycles. The fourth-order valence-electron chi connectivity index (χ4n) is 9.08. The first-order chi connectivity index (χ1) is 32.9. The topological polar surface area (TPSA) is 114 Å². The third-order valence-electron chi connectivity index (χ3n) is 13.2. The molecule has 0 aliphatic heterocycles. The van der Waals surface area contributed by atoms with Gasteiger partial charge in [0.25, 0.3) is 8.32 Å². The highest BCUT2D eigenvalue weighted by molar-refractivity contribution is 6.99. The van der Waals surface area contributed by atoms with Gasteiger partial charge in [-0.25, -0.2) is 4.79 Å². The van der Waals surface area contributed by atoms with E-state index in [1.807, 2.05) is 60.7 Å². The standard InChI is InChI=1S/C58H96O9Si/c1-8-12-16-18-24-36-49(34-14-10-3)47-65-54(59)42-30-22-32-44-63-56(61)46-53(67-68(58(5,6)7,51-38-26-20-27-39-51)52-40-28-21-29-41-52)57(62)64-45-33-23-31-43-55(60)66-48-50(35-15-11-4)37-25-19-17-13-9-2/h20-21,26-29,38-41,49-50,53H,8-19,22-25,30-37,42-48H2,1-7H3. The molecule has 2 aromatic rings. The van der Waals surface area contributed by atoms with Gasteiger partial charge in [0, 0.05) is 12.8 Å². The number of rotatable bonds is 41. The van der Waals surface area contributed by atoms with Crippen LogP contribution in [0.5, 0.6) is 0 Å². The van der Waals surface area contributed by atoms with Crippen LogP contribution in [-0.4, -0.2) is 64.7 Å². The van der Waals surface area contributed by atoms with Crippen LogP contribution in [0, 0.1) is 11.8 Å². The lowest BCUT2D eigenvalue weighted by atomic mass is 9.96. The summed E-state index contributed by atoms with van der Waals surface area (Å²) in [5.41, 5.74) is 0. The summed E-state index contributed by atoms with van der Waals surface area (Å²) < 4.78 is 30.2. The third kappa shape index (κ3) is 25.4. The Bertz CT molecular complexity index is 1550. The molecular weight excluding hydrogens is 869 g/mol. The van der Waals surface area contributed by atoms with Crippen LogP contribution in [-0.2, 0) is 42.6 Å². The van der Waals surface area contributed by atoms with E-state index in [4.69, 9.17) is 23.4 Å². The molecule has 0 N–H and O–H groups in total. The van der Waals surface area contributed by atoms with Gasteiger partial charge in [-0.05, 0) is 91.5 Å². The maximum Gasteiger partial charge on any atom is 0.334 e. The fraction of sp³-hybridized carbons (Fsp3) is 0.724. The lowest BCUT2D eigenvalue weighted by Gasteiger charge is -2.44. The van der Waals surface area contributed by atoms with Crippen molar-refractivity contribution in [2.24, 2.45) is 11.8 Å². The summed E-state index contributed by atoms with van der Waals surface area (Å²) in [6, 6.07) is 20.0. The van der Waals surface area contributed by atoms with Crippen molar-refractivity contribution in [3.8, 4) is 0 Å². The molecule has 0 saturated heterocycles. The van der Waals surface area contributed by atoms with E-state index in [1.54, 1.807) is 0 Å². The van der Waals surface area contributed by atoms with Crippen molar-refractivity contribution in [1.29, 1.82) is 0 Å². The van der Waals surface area contributed by atoms with Gasteiger partial charge in [-0.3, -0.25) is 14.4 Å². The molecule has 2 rings (SSSR count). The zero-order valence-corrected chi connectivity index (χ0v) is 45.1. The van der Waals surface area contributed by atoms with Crippen LogP contribution >= 0.6 is 0 Å². The van der Waals surface area contributed by atoms with Gasteiger partial charge >= 0.3 is 23.9 Å². The average Bonchev–Trinajstić information content (AvgIpc) is 3.33. The van der Waals surface area contributed by atoms with Gasteiger partial charge in [0.2, 0.25) is 0 Å². The number of carbonyl (C=O) groups excluding carboxylic acids is 4. The molecule has 0 radical (unpaired) electrons. The van der Waals surface area contributed by atoms with E-state index in [9.17, 15) is 19.2 Å². The van der Waals surface area contributed by atoms with Crippen molar-refractivity contribution >= 4 is 42.6 Å². The predicted octanol–water partition coefficient (Wildman–Crippen LogP) is 13.9. The van der Waals surface area contributed by atoms with Gasteiger partial charge in [0.1, 0.15) is 0 Å². The van der Waals surface area contributed by atoms with E-state index in [1.165, 1.54) is 64.2 Å². The molecule has 0 aliphatic carbocycles. The molecule has 0 aliphatic rings. The van der Waals surface area contributed by atoms with Gasteiger partial charge in [0.15, 0.2) is 6.10 Å². The van der Waals surface area contributed by atoms with Gasteiger partial charge in [0.05, 0.1) is 32.8 Å². The van der Waals surface area contributed by atoms with Crippen molar-refractivity contribution in [2.45, 2.75) is 233 Å². The minimum absolute atomic E-state index is 0.140. The quantitative estimate of drug-likeness (QED) is 0.0278. The minimum Gasteiger partial charge on any atom is -0.466 e. The SMILES string of the molecule is CCCCCCCC(CCCC)COC(=O)CCCCCOC(=O)CC(O[Si](c1ccccc1)(c1ccccc1)C(C)(C)C)C(=O)OCCCCCC(=O)OCC(CCCC)CCCCCCC. The average molecular weight is 965 g/mol. The highest BCUT2D eigenvalue weighted by Gasteiger charge is 2.53. The largest absolute Gasteiger partial charge is 0.466 e. The van der Waals surface area contributed by atoms with Crippen molar-refractivity contribution in [1.82, 2.24) is 0 Å². The lowest BCUT2D eigenvalue weighted by molar-refractivity contribution is -0.159. The second-order valence-electron chi connectivity index (χ2n) is 20.3.